The molecule has 0 saturated heterocycles. The standard InChI is InChI=1S/C20H23N3S/c1-5-19-21-22-20(23(19)17-9-7-6-8-10-17)24-13-18-15(3)11-14(2)12-16(18)4/h6-12H,5,13H2,1-4H3. The van der Waals surface area contributed by atoms with Crippen LogP contribution in [0.25, 0.3) is 5.69 Å². The van der Waals surface area contributed by atoms with Crippen LogP contribution >= 0.6 is 11.8 Å². The number of aromatic nitrogens is 3. The van der Waals surface area contributed by atoms with E-state index in [-0.39, 0.29) is 0 Å². The maximum absolute atomic E-state index is 4.43. The summed E-state index contributed by atoms with van der Waals surface area (Å²) in [6.45, 7) is 8.65. The normalized spacial score (nSPS) is 11.0. The highest BCUT2D eigenvalue weighted by molar-refractivity contribution is 7.98. The number of aryl methyl sites for hydroxylation is 4. The van der Waals surface area contributed by atoms with Crippen LogP contribution in [0.4, 0.5) is 0 Å². The zero-order valence-corrected chi connectivity index (χ0v) is 15.5. The van der Waals surface area contributed by atoms with Crippen LogP contribution in [0.3, 0.4) is 0 Å². The lowest BCUT2D eigenvalue weighted by Crippen LogP contribution is -2.02. The topological polar surface area (TPSA) is 30.7 Å². The molecule has 2 aromatic carbocycles. The van der Waals surface area contributed by atoms with Crippen LogP contribution in [0, 0.1) is 20.8 Å². The highest BCUT2D eigenvalue weighted by atomic mass is 32.2. The molecule has 24 heavy (non-hydrogen) atoms. The van der Waals surface area contributed by atoms with Crippen molar-refractivity contribution >= 4 is 11.8 Å². The van der Waals surface area contributed by atoms with Crippen LogP contribution in [-0.4, -0.2) is 14.8 Å². The van der Waals surface area contributed by atoms with Crippen LogP contribution in [0.2, 0.25) is 0 Å². The summed E-state index contributed by atoms with van der Waals surface area (Å²) in [7, 11) is 0. The van der Waals surface area contributed by atoms with Gasteiger partial charge < -0.3 is 0 Å². The van der Waals surface area contributed by atoms with E-state index >= 15 is 0 Å². The third kappa shape index (κ3) is 3.39. The minimum Gasteiger partial charge on any atom is -0.274 e. The average Bonchev–Trinajstić information content (AvgIpc) is 2.97. The van der Waals surface area contributed by atoms with Crippen molar-refractivity contribution in [3.05, 3.63) is 70.5 Å². The van der Waals surface area contributed by atoms with Gasteiger partial charge in [0.25, 0.3) is 0 Å². The third-order valence-electron chi connectivity index (χ3n) is 4.22. The van der Waals surface area contributed by atoms with Crippen molar-refractivity contribution in [1.29, 1.82) is 0 Å². The van der Waals surface area contributed by atoms with E-state index in [2.05, 4.69) is 78.9 Å². The second-order valence-electron chi connectivity index (χ2n) is 6.09. The van der Waals surface area contributed by atoms with Crippen molar-refractivity contribution in [2.75, 3.05) is 0 Å². The number of rotatable bonds is 5. The minimum absolute atomic E-state index is 0.866. The van der Waals surface area contributed by atoms with Crippen LogP contribution in [0.15, 0.2) is 47.6 Å². The summed E-state index contributed by atoms with van der Waals surface area (Å²) in [5.74, 6) is 1.91. The largest absolute Gasteiger partial charge is 0.274 e. The first kappa shape index (κ1) is 16.8. The summed E-state index contributed by atoms with van der Waals surface area (Å²) in [4.78, 5) is 0. The molecule has 3 rings (SSSR count). The Morgan fingerprint density at radius 1 is 0.958 bits per heavy atom. The van der Waals surface area contributed by atoms with E-state index in [4.69, 9.17) is 0 Å². The molecule has 0 N–H and O–H groups in total. The Kier molecular flexibility index (Phi) is 5.05. The average molecular weight is 337 g/mol. The lowest BCUT2D eigenvalue weighted by atomic mass is 10.0. The molecule has 0 radical (unpaired) electrons. The quantitative estimate of drug-likeness (QED) is 0.611. The predicted octanol–water partition coefficient (Wildman–Crippen LogP) is 5.05. The lowest BCUT2D eigenvalue weighted by molar-refractivity contribution is 0.836. The molecule has 0 saturated carbocycles. The number of hydrogen-bond donors (Lipinski definition) is 0. The molecule has 0 fully saturated rings. The smallest absolute Gasteiger partial charge is 0.196 e. The van der Waals surface area contributed by atoms with Crippen molar-refractivity contribution in [3.8, 4) is 5.69 Å². The fourth-order valence-corrected chi connectivity index (χ4v) is 4.20. The molecule has 0 aliphatic heterocycles. The van der Waals surface area contributed by atoms with Gasteiger partial charge >= 0.3 is 0 Å². The maximum Gasteiger partial charge on any atom is 0.196 e. The molecule has 0 unspecified atom stereocenters. The highest BCUT2D eigenvalue weighted by Gasteiger charge is 2.14. The van der Waals surface area contributed by atoms with E-state index in [1.54, 1.807) is 11.8 Å². The van der Waals surface area contributed by atoms with Gasteiger partial charge in [0, 0.05) is 17.9 Å². The Morgan fingerprint density at radius 2 is 1.62 bits per heavy atom. The van der Waals surface area contributed by atoms with E-state index in [1.165, 1.54) is 22.3 Å². The zero-order chi connectivity index (χ0) is 17.1. The van der Waals surface area contributed by atoms with Gasteiger partial charge in [-0.05, 0) is 49.6 Å². The molecule has 1 heterocycles. The molecule has 0 spiro atoms. The van der Waals surface area contributed by atoms with Gasteiger partial charge in [0.2, 0.25) is 0 Å². The Hall–Kier alpha value is -2.07. The van der Waals surface area contributed by atoms with Gasteiger partial charge in [0.05, 0.1) is 0 Å². The lowest BCUT2D eigenvalue weighted by Gasteiger charge is -2.12. The summed E-state index contributed by atoms with van der Waals surface area (Å²) in [6, 6.07) is 14.9. The molecule has 3 aromatic rings. The maximum atomic E-state index is 4.43. The Morgan fingerprint density at radius 3 is 2.25 bits per heavy atom. The molecule has 3 nitrogen and oxygen atoms in total. The molecule has 4 heteroatoms. The molecule has 1 aromatic heterocycles. The van der Waals surface area contributed by atoms with Crippen molar-refractivity contribution in [1.82, 2.24) is 14.8 Å². The number of nitrogens with zero attached hydrogens (tertiary/aromatic N) is 3. The van der Waals surface area contributed by atoms with E-state index in [1.807, 2.05) is 6.07 Å². The molecule has 0 amide bonds. The fourth-order valence-electron chi connectivity index (χ4n) is 3.03. The summed E-state index contributed by atoms with van der Waals surface area (Å²) >= 11 is 1.75. The van der Waals surface area contributed by atoms with Gasteiger partial charge in [-0.2, -0.15) is 0 Å². The van der Waals surface area contributed by atoms with Gasteiger partial charge in [0.15, 0.2) is 5.16 Å². The summed E-state index contributed by atoms with van der Waals surface area (Å²) in [6.07, 6.45) is 0.866. The number of para-hydroxylation sites is 1. The predicted molar refractivity (Wildman–Crippen MR) is 101 cm³/mol. The molecule has 124 valence electrons. The molecule has 0 aliphatic carbocycles. The number of benzene rings is 2. The number of hydrogen-bond acceptors (Lipinski definition) is 3. The first-order valence-corrected chi connectivity index (χ1v) is 9.28. The summed E-state index contributed by atoms with van der Waals surface area (Å²) < 4.78 is 2.17. The van der Waals surface area contributed by atoms with Crippen LogP contribution < -0.4 is 0 Å². The van der Waals surface area contributed by atoms with Crippen LogP contribution in [0.1, 0.15) is 35.0 Å². The van der Waals surface area contributed by atoms with Crippen molar-refractivity contribution < 1.29 is 0 Å². The molecular formula is C20H23N3S. The summed E-state index contributed by atoms with van der Waals surface area (Å²) in [5.41, 5.74) is 6.54. The molecule has 0 bridgehead atoms. The van der Waals surface area contributed by atoms with Gasteiger partial charge in [-0.1, -0.05) is 54.6 Å². The van der Waals surface area contributed by atoms with Gasteiger partial charge in [0.1, 0.15) is 5.82 Å². The van der Waals surface area contributed by atoms with Gasteiger partial charge in [-0.25, -0.2) is 0 Å². The zero-order valence-electron chi connectivity index (χ0n) is 14.7. The number of thioether (sulfide) groups is 1. The van der Waals surface area contributed by atoms with E-state index < -0.39 is 0 Å². The Balaban J connectivity index is 1.91. The van der Waals surface area contributed by atoms with Crippen LogP contribution in [-0.2, 0) is 12.2 Å². The second kappa shape index (κ2) is 7.22. The molecule has 0 atom stereocenters. The third-order valence-corrected chi connectivity index (χ3v) is 5.17. The Labute approximate surface area is 148 Å². The van der Waals surface area contributed by atoms with Crippen molar-refractivity contribution in [2.45, 2.75) is 45.0 Å². The second-order valence-corrected chi connectivity index (χ2v) is 7.03. The molecular weight excluding hydrogens is 314 g/mol. The minimum atomic E-state index is 0.866. The van der Waals surface area contributed by atoms with E-state index in [9.17, 15) is 0 Å². The van der Waals surface area contributed by atoms with E-state index in [0.29, 0.717) is 0 Å². The van der Waals surface area contributed by atoms with Gasteiger partial charge in [-0.3, -0.25) is 4.57 Å². The Bertz CT molecular complexity index is 814. The van der Waals surface area contributed by atoms with Crippen LogP contribution in [0.5, 0.6) is 0 Å². The SMILES string of the molecule is CCc1nnc(SCc2c(C)cc(C)cc2C)n1-c1ccccc1. The summed E-state index contributed by atoms with van der Waals surface area (Å²) in [5, 5.41) is 9.76. The first-order chi connectivity index (χ1) is 11.6. The molecule has 0 aliphatic rings. The van der Waals surface area contributed by atoms with Crippen molar-refractivity contribution in [2.24, 2.45) is 0 Å². The first-order valence-electron chi connectivity index (χ1n) is 8.29. The van der Waals surface area contributed by atoms with Crippen molar-refractivity contribution in [3.63, 3.8) is 0 Å². The van der Waals surface area contributed by atoms with E-state index in [0.717, 1.165) is 28.8 Å². The monoisotopic (exact) mass is 337 g/mol. The fraction of sp³-hybridized carbons (Fsp3) is 0.300. The highest BCUT2D eigenvalue weighted by Crippen LogP contribution is 2.28. The van der Waals surface area contributed by atoms with Gasteiger partial charge in [-0.15, -0.1) is 10.2 Å².